The zero-order valence-corrected chi connectivity index (χ0v) is 10.4. The molecule has 0 aromatic heterocycles. The second-order valence-corrected chi connectivity index (χ2v) is 4.61. The van der Waals surface area contributed by atoms with Crippen molar-refractivity contribution in [2.24, 2.45) is 5.73 Å². The van der Waals surface area contributed by atoms with Gasteiger partial charge in [-0.25, -0.2) is 0 Å². The zero-order chi connectivity index (χ0) is 11.4. The molecular weight excluding hydrogens is 208 g/mol. The Hall–Kier alpha value is -0.570. The van der Waals surface area contributed by atoms with Crippen LogP contribution in [0.4, 0.5) is 0 Å². The van der Waals surface area contributed by atoms with Gasteiger partial charge >= 0.3 is 0 Å². The summed E-state index contributed by atoms with van der Waals surface area (Å²) < 4.78 is 0. The van der Waals surface area contributed by atoms with Gasteiger partial charge in [-0.1, -0.05) is 23.7 Å². The summed E-state index contributed by atoms with van der Waals surface area (Å²) in [6, 6.07) is 6.12. The summed E-state index contributed by atoms with van der Waals surface area (Å²) in [5.41, 5.74) is 8.29. The van der Waals surface area contributed by atoms with Crippen LogP contribution < -0.4 is 5.73 Å². The van der Waals surface area contributed by atoms with E-state index in [-0.39, 0.29) is 6.04 Å². The van der Waals surface area contributed by atoms with Gasteiger partial charge in [-0.3, -0.25) is 0 Å². The van der Waals surface area contributed by atoms with Crippen LogP contribution in [-0.2, 0) is 0 Å². The summed E-state index contributed by atoms with van der Waals surface area (Å²) in [6.45, 7) is 2.99. The molecule has 84 valence electrons. The lowest BCUT2D eigenvalue weighted by Gasteiger charge is -2.16. The summed E-state index contributed by atoms with van der Waals surface area (Å²) in [5, 5.41) is 0.799. The first-order valence-electron chi connectivity index (χ1n) is 5.17. The molecule has 1 aromatic carbocycles. The minimum absolute atomic E-state index is 0.0745. The highest BCUT2D eigenvalue weighted by molar-refractivity contribution is 6.31. The van der Waals surface area contributed by atoms with E-state index < -0.39 is 0 Å². The quantitative estimate of drug-likeness (QED) is 0.855. The van der Waals surface area contributed by atoms with Crippen LogP contribution in [0, 0.1) is 6.92 Å². The van der Waals surface area contributed by atoms with E-state index in [0.717, 1.165) is 29.1 Å². The minimum atomic E-state index is 0.0745. The third-order valence-electron chi connectivity index (χ3n) is 2.51. The average Bonchev–Trinajstić information content (AvgIpc) is 2.18. The molecule has 0 aliphatic rings. The molecule has 0 saturated heterocycles. The van der Waals surface area contributed by atoms with Gasteiger partial charge in [0.15, 0.2) is 0 Å². The first kappa shape index (κ1) is 12.5. The maximum atomic E-state index is 6.08. The molecule has 1 aromatic rings. The van der Waals surface area contributed by atoms with Crippen molar-refractivity contribution in [1.29, 1.82) is 0 Å². The van der Waals surface area contributed by atoms with E-state index in [4.69, 9.17) is 17.3 Å². The van der Waals surface area contributed by atoms with Gasteiger partial charge in [-0.15, -0.1) is 0 Å². The van der Waals surface area contributed by atoms with E-state index >= 15 is 0 Å². The van der Waals surface area contributed by atoms with Crippen LogP contribution in [0.5, 0.6) is 0 Å². The molecule has 0 fully saturated rings. The summed E-state index contributed by atoms with van der Waals surface area (Å²) in [4.78, 5) is 2.13. The summed E-state index contributed by atoms with van der Waals surface area (Å²) in [7, 11) is 4.10. The molecule has 0 amide bonds. The lowest BCUT2D eigenvalue weighted by molar-refractivity contribution is 0.382. The molecule has 2 nitrogen and oxygen atoms in total. The lowest BCUT2D eigenvalue weighted by atomic mass is 10.0. The Kier molecular flexibility index (Phi) is 4.58. The third-order valence-corrected chi connectivity index (χ3v) is 2.92. The van der Waals surface area contributed by atoms with Crippen molar-refractivity contribution in [3.8, 4) is 0 Å². The van der Waals surface area contributed by atoms with Crippen LogP contribution in [0.25, 0.3) is 0 Å². The highest BCUT2D eigenvalue weighted by atomic mass is 35.5. The van der Waals surface area contributed by atoms with Crippen LogP contribution in [0.2, 0.25) is 5.02 Å². The minimum Gasteiger partial charge on any atom is -0.324 e. The molecule has 15 heavy (non-hydrogen) atoms. The molecule has 0 spiro atoms. The van der Waals surface area contributed by atoms with Crippen molar-refractivity contribution in [1.82, 2.24) is 4.90 Å². The van der Waals surface area contributed by atoms with E-state index in [1.165, 1.54) is 0 Å². The molecule has 3 heteroatoms. The number of rotatable bonds is 4. The van der Waals surface area contributed by atoms with E-state index in [1.54, 1.807) is 0 Å². The third kappa shape index (κ3) is 3.82. The topological polar surface area (TPSA) is 29.3 Å². The number of aryl methyl sites for hydroxylation is 1. The number of hydrogen-bond donors (Lipinski definition) is 1. The van der Waals surface area contributed by atoms with Crippen molar-refractivity contribution in [2.45, 2.75) is 19.4 Å². The molecule has 0 saturated carbocycles. The normalized spacial score (nSPS) is 13.2. The van der Waals surface area contributed by atoms with Gasteiger partial charge < -0.3 is 10.6 Å². The molecular formula is C12H19ClN2. The predicted octanol–water partition coefficient (Wildman–Crippen LogP) is 2.60. The molecule has 0 heterocycles. The molecule has 0 bridgehead atoms. The fraction of sp³-hybridized carbons (Fsp3) is 0.500. The van der Waals surface area contributed by atoms with E-state index in [2.05, 4.69) is 25.1 Å². The Bertz CT molecular complexity index is 323. The first-order valence-corrected chi connectivity index (χ1v) is 5.55. The van der Waals surface area contributed by atoms with Crippen molar-refractivity contribution in [3.63, 3.8) is 0 Å². The second-order valence-electron chi connectivity index (χ2n) is 4.21. The van der Waals surface area contributed by atoms with Crippen molar-refractivity contribution in [3.05, 3.63) is 34.3 Å². The van der Waals surface area contributed by atoms with Crippen LogP contribution in [0.1, 0.15) is 23.6 Å². The largest absolute Gasteiger partial charge is 0.324 e. The molecule has 1 rings (SSSR count). The van der Waals surface area contributed by atoms with Crippen LogP contribution in [-0.4, -0.2) is 25.5 Å². The number of hydrogen-bond acceptors (Lipinski definition) is 2. The summed E-state index contributed by atoms with van der Waals surface area (Å²) in [6.07, 6.45) is 0.951. The number of halogens is 1. The van der Waals surface area contributed by atoms with Crippen molar-refractivity contribution in [2.75, 3.05) is 20.6 Å². The number of benzene rings is 1. The maximum absolute atomic E-state index is 6.08. The van der Waals surface area contributed by atoms with Gasteiger partial charge in [0, 0.05) is 11.1 Å². The van der Waals surface area contributed by atoms with E-state index in [0.29, 0.717) is 0 Å². The highest BCUT2D eigenvalue weighted by Crippen LogP contribution is 2.21. The second kappa shape index (κ2) is 5.50. The Morgan fingerprint density at radius 2 is 2.07 bits per heavy atom. The Morgan fingerprint density at radius 3 is 2.60 bits per heavy atom. The standard InChI is InChI=1S/C12H19ClN2/c1-9-4-5-10(8-11(9)13)12(14)6-7-15(2)3/h4-5,8,12H,6-7,14H2,1-3H3. The predicted molar refractivity (Wildman–Crippen MR) is 66.3 cm³/mol. The Balaban J connectivity index is 2.65. The zero-order valence-electron chi connectivity index (χ0n) is 9.63. The van der Waals surface area contributed by atoms with Gasteiger partial charge in [0.1, 0.15) is 0 Å². The van der Waals surface area contributed by atoms with Gasteiger partial charge in [0.05, 0.1) is 0 Å². The van der Waals surface area contributed by atoms with Crippen LogP contribution in [0.15, 0.2) is 18.2 Å². The van der Waals surface area contributed by atoms with E-state index in [1.807, 2.05) is 19.1 Å². The Morgan fingerprint density at radius 1 is 1.40 bits per heavy atom. The van der Waals surface area contributed by atoms with Gasteiger partial charge in [0.2, 0.25) is 0 Å². The van der Waals surface area contributed by atoms with Gasteiger partial charge in [0.25, 0.3) is 0 Å². The lowest BCUT2D eigenvalue weighted by Crippen LogP contribution is -2.20. The molecule has 0 aliphatic carbocycles. The van der Waals surface area contributed by atoms with Gasteiger partial charge in [-0.2, -0.15) is 0 Å². The van der Waals surface area contributed by atoms with Crippen LogP contribution in [0.3, 0.4) is 0 Å². The van der Waals surface area contributed by atoms with Crippen LogP contribution >= 0.6 is 11.6 Å². The van der Waals surface area contributed by atoms with Crippen molar-refractivity contribution >= 4 is 11.6 Å². The van der Waals surface area contributed by atoms with E-state index in [9.17, 15) is 0 Å². The van der Waals surface area contributed by atoms with Gasteiger partial charge in [-0.05, 0) is 51.2 Å². The molecule has 2 N–H and O–H groups in total. The smallest absolute Gasteiger partial charge is 0.0438 e. The van der Waals surface area contributed by atoms with Crippen molar-refractivity contribution < 1.29 is 0 Å². The highest BCUT2D eigenvalue weighted by Gasteiger charge is 2.07. The monoisotopic (exact) mass is 226 g/mol. The fourth-order valence-electron chi connectivity index (χ4n) is 1.40. The fourth-order valence-corrected chi connectivity index (χ4v) is 1.59. The summed E-state index contributed by atoms with van der Waals surface area (Å²) in [5.74, 6) is 0. The molecule has 0 radical (unpaired) electrons. The summed E-state index contributed by atoms with van der Waals surface area (Å²) >= 11 is 6.05. The average molecular weight is 227 g/mol. The Labute approximate surface area is 97.0 Å². The molecule has 0 aliphatic heterocycles. The maximum Gasteiger partial charge on any atom is 0.0438 e. The molecule has 1 atom stereocenters. The number of nitrogens with two attached hydrogens (primary N) is 1. The number of nitrogens with zero attached hydrogens (tertiary/aromatic N) is 1. The molecule has 1 unspecified atom stereocenters. The SMILES string of the molecule is Cc1ccc(C(N)CCN(C)C)cc1Cl. The first-order chi connectivity index (χ1) is 7.00.